The van der Waals surface area contributed by atoms with Gasteiger partial charge >= 0.3 is 5.97 Å². The molecule has 1 fully saturated rings. The summed E-state index contributed by atoms with van der Waals surface area (Å²) >= 11 is 0. The van der Waals surface area contributed by atoms with Gasteiger partial charge in [-0.1, -0.05) is 6.42 Å². The smallest absolute Gasteiger partial charge is 0.306 e. The molecular formula is C13H24N2O3. The number of aliphatic carboxylic acids is 1. The molecule has 104 valence electrons. The van der Waals surface area contributed by atoms with Crippen LogP contribution in [0.25, 0.3) is 0 Å². The number of carbonyl (C=O) groups is 2. The third-order valence-electron chi connectivity index (χ3n) is 3.73. The fourth-order valence-electron chi connectivity index (χ4n) is 2.48. The second kappa shape index (κ2) is 6.73. The molecule has 1 rings (SSSR count). The molecule has 5 nitrogen and oxygen atoms in total. The van der Waals surface area contributed by atoms with Crippen molar-refractivity contribution in [2.24, 2.45) is 5.92 Å². The molecule has 3 atom stereocenters. The molecule has 0 saturated heterocycles. The Hall–Kier alpha value is -1.10. The van der Waals surface area contributed by atoms with Crippen LogP contribution >= 0.6 is 0 Å². The van der Waals surface area contributed by atoms with Crippen LogP contribution in [0, 0.1) is 5.92 Å². The Morgan fingerprint density at radius 2 is 2.11 bits per heavy atom. The van der Waals surface area contributed by atoms with Crippen molar-refractivity contribution in [2.45, 2.75) is 51.6 Å². The Morgan fingerprint density at radius 1 is 1.44 bits per heavy atom. The molecule has 2 N–H and O–H groups in total. The lowest BCUT2D eigenvalue weighted by molar-refractivity contribution is -0.143. The van der Waals surface area contributed by atoms with Crippen LogP contribution in [0.2, 0.25) is 0 Å². The number of carboxylic acid groups (broad SMARTS) is 1. The number of rotatable bonds is 5. The van der Waals surface area contributed by atoms with E-state index in [1.54, 1.807) is 11.9 Å². The topological polar surface area (TPSA) is 69.6 Å². The number of nitrogens with zero attached hydrogens (tertiary/aromatic N) is 1. The van der Waals surface area contributed by atoms with Crippen molar-refractivity contribution in [3.63, 3.8) is 0 Å². The van der Waals surface area contributed by atoms with Crippen LogP contribution in [-0.2, 0) is 9.59 Å². The Labute approximate surface area is 109 Å². The largest absolute Gasteiger partial charge is 0.481 e. The van der Waals surface area contributed by atoms with Crippen LogP contribution in [0.1, 0.15) is 39.5 Å². The lowest BCUT2D eigenvalue weighted by atomic mass is 9.85. The molecule has 1 aliphatic carbocycles. The highest BCUT2D eigenvalue weighted by atomic mass is 16.4. The van der Waals surface area contributed by atoms with Crippen molar-refractivity contribution in [2.75, 3.05) is 13.6 Å². The second-order valence-corrected chi connectivity index (χ2v) is 5.14. The van der Waals surface area contributed by atoms with E-state index in [0.717, 1.165) is 19.3 Å². The van der Waals surface area contributed by atoms with Crippen molar-refractivity contribution in [3.8, 4) is 0 Å². The van der Waals surface area contributed by atoms with E-state index < -0.39 is 5.97 Å². The van der Waals surface area contributed by atoms with E-state index in [4.69, 9.17) is 5.11 Å². The lowest BCUT2D eigenvalue weighted by Gasteiger charge is -2.30. The zero-order chi connectivity index (χ0) is 13.7. The van der Waals surface area contributed by atoms with E-state index >= 15 is 0 Å². The zero-order valence-corrected chi connectivity index (χ0v) is 11.5. The van der Waals surface area contributed by atoms with E-state index in [9.17, 15) is 9.59 Å². The molecule has 0 aliphatic heterocycles. The summed E-state index contributed by atoms with van der Waals surface area (Å²) in [4.78, 5) is 24.6. The second-order valence-electron chi connectivity index (χ2n) is 5.14. The molecule has 5 heteroatoms. The average Bonchev–Trinajstić information content (AvgIpc) is 2.37. The maximum atomic E-state index is 11.9. The first-order valence-corrected chi connectivity index (χ1v) is 6.69. The molecule has 0 bridgehead atoms. The minimum absolute atomic E-state index is 0.0648. The monoisotopic (exact) mass is 256 g/mol. The standard InChI is InChI=1S/C13H24N2O3/c1-4-15(3)12(16)9(2)14-11-7-5-6-10(8-11)13(17)18/h9-11,14H,4-8H2,1-3H3,(H,17,18). The molecule has 3 unspecified atom stereocenters. The van der Waals surface area contributed by atoms with Gasteiger partial charge in [-0.25, -0.2) is 0 Å². The van der Waals surface area contributed by atoms with Gasteiger partial charge in [0.15, 0.2) is 0 Å². The summed E-state index contributed by atoms with van der Waals surface area (Å²) in [7, 11) is 1.78. The van der Waals surface area contributed by atoms with Crippen LogP contribution in [0.5, 0.6) is 0 Å². The minimum Gasteiger partial charge on any atom is -0.481 e. The van der Waals surface area contributed by atoms with E-state index in [-0.39, 0.29) is 23.9 Å². The van der Waals surface area contributed by atoms with Gasteiger partial charge in [0.05, 0.1) is 12.0 Å². The summed E-state index contributed by atoms with van der Waals surface area (Å²) in [6.07, 6.45) is 3.25. The first-order chi connectivity index (χ1) is 8.45. The number of hydrogen-bond donors (Lipinski definition) is 2. The van der Waals surface area contributed by atoms with Crippen LogP contribution in [0.15, 0.2) is 0 Å². The number of carboxylic acids is 1. The Balaban J connectivity index is 2.46. The maximum absolute atomic E-state index is 11.9. The molecule has 0 radical (unpaired) electrons. The number of likely N-dealkylation sites (N-methyl/N-ethyl adjacent to an activating group) is 1. The minimum atomic E-state index is -0.717. The first-order valence-electron chi connectivity index (χ1n) is 6.69. The predicted octanol–water partition coefficient (Wildman–Crippen LogP) is 1.09. The molecule has 1 aliphatic rings. The Kier molecular flexibility index (Phi) is 5.59. The SMILES string of the molecule is CCN(C)C(=O)C(C)NC1CCCC(C(=O)O)C1. The third kappa shape index (κ3) is 3.98. The molecule has 0 aromatic carbocycles. The average molecular weight is 256 g/mol. The number of nitrogens with one attached hydrogen (secondary N) is 1. The van der Waals surface area contributed by atoms with Gasteiger partial charge in [0.25, 0.3) is 0 Å². The third-order valence-corrected chi connectivity index (χ3v) is 3.73. The van der Waals surface area contributed by atoms with Crippen LogP contribution < -0.4 is 5.32 Å². The Morgan fingerprint density at radius 3 is 2.67 bits per heavy atom. The zero-order valence-electron chi connectivity index (χ0n) is 11.5. The molecule has 0 spiro atoms. The van der Waals surface area contributed by atoms with Gasteiger partial charge in [-0.3, -0.25) is 9.59 Å². The van der Waals surface area contributed by atoms with E-state index in [1.165, 1.54) is 0 Å². The van der Waals surface area contributed by atoms with Crippen LogP contribution in [-0.4, -0.2) is 47.6 Å². The van der Waals surface area contributed by atoms with Crippen LogP contribution in [0.4, 0.5) is 0 Å². The highest BCUT2D eigenvalue weighted by Crippen LogP contribution is 2.24. The van der Waals surface area contributed by atoms with Gasteiger partial charge in [0.1, 0.15) is 0 Å². The lowest BCUT2D eigenvalue weighted by Crippen LogP contribution is -2.48. The molecule has 0 heterocycles. The fraction of sp³-hybridized carbons (Fsp3) is 0.846. The van der Waals surface area contributed by atoms with Crippen molar-refractivity contribution in [1.29, 1.82) is 0 Å². The molecule has 18 heavy (non-hydrogen) atoms. The van der Waals surface area contributed by atoms with Gasteiger partial charge in [0.2, 0.25) is 5.91 Å². The first kappa shape index (κ1) is 15.0. The van der Waals surface area contributed by atoms with Gasteiger partial charge in [-0.15, -0.1) is 0 Å². The quantitative estimate of drug-likeness (QED) is 0.772. The summed E-state index contributed by atoms with van der Waals surface area (Å²) in [5.74, 6) is -0.913. The van der Waals surface area contributed by atoms with Crippen molar-refractivity contribution in [3.05, 3.63) is 0 Å². The highest BCUT2D eigenvalue weighted by Gasteiger charge is 2.29. The maximum Gasteiger partial charge on any atom is 0.306 e. The van der Waals surface area contributed by atoms with Gasteiger partial charge in [0, 0.05) is 19.6 Å². The van der Waals surface area contributed by atoms with Crippen molar-refractivity contribution < 1.29 is 14.7 Å². The summed E-state index contributed by atoms with van der Waals surface area (Å²) in [5, 5.41) is 12.3. The molecule has 0 aromatic heterocycles. The van der Waals surface area contributed by atoms with Gasteiger partial charge in [-0.05, 0) is 33.1 Å². The van der Waals surface area contributed by atoms with E-state index in [0.29, 0.717) is 13.0 Å². The number of hydrogen-bond acceptors (Lipinski definition) is 3. The van der Waals surface area contributed by atoms with Gasteiger partial charge < -0.3 is 15.3 Å². The summed E-state index contributed by atoms with van der Waals surface area (Å²) in [6, 6.07) is -0.100. The van der Waals surface area contributed by atoms with Crippen molar-refractivity contribution in [1.82, 2.24) is 10.2 Å². The number of amides is 1. The molecule has 0 aromatic rings. The Bertz CT molecular complexity index is 307. The van der Waals surface area contributed by atoms with Gasteiger partial charge in [-0.2, -0.15) is 0 Å². The molecule has 1 amide bonds. The van der Waals surface area contributed by atoms with Crippen LogP contribution in [0.3, 0.4) is 0 Å². The van der Waals surface area contributed by atoms with E-state index in [2.05, 4.69) is 5.32 Å². The predicted molar refractivity (Wildman–Crippen MR) is 69.3 cm³/mol. The van der Waals surface area contributed by atoms with Crippen molar-refractivity contribution >= 4 is 11.9 Å². The highest BCUT2D eigenvalue weighted by molar-refractivity contribution is 5.81. The molecular weight excluding hydrogens is 232 g/mol. The van der Waals surface area contributed by atoms with E-state index in [1.807, 2.05) is 13.8 Å². The normalized spacial score (nSPS) is 25.5. The summed E-state index contributed by atoms with van der Waals surface area (Å²) in [6.45, 7) is 4.47. The summed E-state index contributed by atoms with van der Waals surface area (Å²) < 4.78 is 0. The molecule has 1 saturated carbocycles. The fourth-order valence-corrected chi connectivity index (χ4v) is 2.48. The summed E-state index contributed by atoms with van der Waals surface area (Å²) in [5.41, 5.74) is 0. The number of carbonyl (C=O) groups excluding carboxylic acids is 1.